The number of amidine groups is 1. The molecular weight excluding hydrogens is 488 g/mol. The van der Waals surface area contributed by atoms with E-state index in [1.165, 1.54) is 5.56 Å². The second-order valence-electron chi connectivity index (χ2n) is 10.8. The topological polar surface area (TPSA) is 105 Å². The molecule has 1 heterocycles. The van der Waals surface area contributed by atoms with E-state index in [4.69, 9.17) is 5.73 Å². The average Bonchev–Trinajstić information content (AvgIpc) is 3.10. The molecule has 0 aromatic heterocycles. The molecule has 0 bridgehead atoms. The van der Waals surface area contributed by atoms with E-state index in [0.29, 0.717) is 47.5 Å². The molecule has 2 amide bonds. The zero-order valence-electron chi connectivity index (χ0n) is 23.3. The number of anilines is 1. The van der Waals surface area contributed by atoms with Crippen LogP contribution in [0, 0.1) is 5.92 Å². The maximum absolute atomic E-state index is 13.2. The first kappa shape index (κ1) is 28.3. The molecule has 2 aromatic carbocycles. The Balaban J connectivity index is 1.45. The first-order valence-electron chi connectivity index (χ1n) is 14.2. The fraction of sp³-hybridized carbons (Fsp3) is 0.438. The fourth-order valence-corrected chi connectivity index (χ4v) is 5.60. The molecule has 4 rings (SSSR count). The molecule has 7 heteroatoms. The highest BCUT2D eigenvalue weighted by molar-refractivity contribution is 6.07. The highest BCUT2D eigenvalue weighted by Gasteiger charge is 2.25. The Labute approximate surface area is 231 Å². The minimum absolute atomic E-state index is 0.0122. The summed E-state index contributed by atoms with van der Waals surface area (Å²) in [5.41, 5.74) is 10.6. The summed E-state index contributed by atoms with van der Waals surface area (Å²) in [6.07, 6.45) is 7.85. The maximum Gasteiger partial charge on any atom is 0.255 e. The van der Waals surface area contributed by atoms with Gasteiger partial charge in [-0.1, -0.05) is 32.0 Å². The van der Waals surface area contributed by atoms with Crippen molar-refractivity contribution in [1.29, 1.82) is 0 Å². The molecule has 3 N–H and O–H groups in total. The molecule has 0 radical (unpaired) electrons. The van der Waals surface area contributed by atoms with Crippen molar-refractivity contribution >= 4 is 40.9 Å². The summed E-state index contributed by atoms with van der Waals surface area (Å²) in [5.74, 6) is 1.07. The summed E-state index contributed by atoms with van der Waals surface area (Å²) < 4.78 is 0. The van der Waals surface area contributed by atoms with Gasteiger partial charge in [-0.3, -0.25) is 14.4 Å². The summed E-state index contributed by atoms with van der Waals surface area (Å²) in [7, 11) is 0. The molecule has 0 saturated heterocycles. The van der Waals surface area contributed by atoms with Gasteiger partial charge in [0.05, 0.1) is 5.69 Å². The maximum atomic E-state index is 13.2. The Kier molecular flexibility index (Phi) is 9.33. The Hall–Kier alpha value is -3.74. The van der Waals surface area contributed by atoms with Crippen molar-refractivity contribution in [3.8, 4) is 0 Å². The minimum atomic E-state index is -0.233. The molecule has 2 aromatic rings. The van der Waals surface area contributed by atoms with Crippen LogP contribution in [0.4, 0.5) is 11.4 Å². The van der Waals surface area contributed by atoms with Crippen molar-refractivity contribution in [3.05, 3.63) is 64.7 Å². The normalized spacial score (nSPS) is 18.7. The number of rotatable bonds is 9. The van der Waals surface area contributed by atoms with Crippen LogP contribution in [0.2, 0.25) is 0 Å². The van der Waals surface area contributed by atoms with Crippen molar-refractivity contribution in [2.75, 3.05) is 18.4 Å². The highest BCUT2D eigenvalue weighted by Crippen LogP contribution is 2.36. The molecule has 39 heavy (non-hydrogen) atoms. The lowest BCUT2D eigenvalue weighted by atomic mass is 9.77. The molecule has 0 spiro atoms. The number of nitrogens with two attached hydrogens (primary N) is 1. The Morgan fingerprint density at radius 2 is 1.64 bits per heavy atom. The number of nitrogens with zero attached hydrogens (tertiary/aromatic N) is 2. The van der Waals surface area contributed by atoms with Crippen LogP contribution >= 0.6 is 0 Å². The average molecular weight is 529 g/mol. The molecule has 1 aliphatic heterocycles. The van der Waals surface area contributed by atoms with Gasteiger partial charge in [0.25, 0.3) is 5.91 Å². The fourth-order valence-electron chi connectivity index (χ4n) is 5.60. The smallest absolute Gasteiger partial charge is 0.255 e. The van der Waals surface area contributed by atoms with Crippen LogP contribution in [-0.4, -0.2) is 41.4 Å². The lowest BCUT2D eigenvalue weighted by Gasteiger charge is -2.27. The first-order valence-corrected chi connectivity index (χ1v) is 14.2. The Bertz CT molecular complexity index is 1260. The third kappa shape index (κ3) is 7.02. The number of carbonyl (C=O) groups excluding carboxylic acids is 3. The SMILES string of the molecule is CCCN(CCC)C(=O)C1=Cc2ccc(C(=O)Nc3ccc(C4CCC(C(C)=O)CC4)cc3)cc2N=C(N)C1. The zero-order valence-corrected chi connectivity index (χ0v) is 23.3. The standard InChI is InChI=1S/C32H40N4O3/c1-4-16-36(17-5-2)32(39)27-18-25-10-11-26(19-29(25)35-30(33)20-27)31(38)34-28-14-12-24(13-15-28)23-8-6-22(7-9-23)21(3)37/h10-15,18-19,22-23H,4-9,16-17,20H2,1-3H3,(H2,33,35)(H,34,38). The van der Waals surface area contributed by atoms with Crippen LogP contribution in [0.1, 0.15) is 93.1 Å². The van der Waals surface area contributed by atoms with E-state index in [1.807, 2.05) is 29.2 Å². The summed E-state index contributed by atoms with van der Waals surface area (Å²) in [6, 6.07) is 13.3. The van der Waals surface area contributed by atoms with Crippen molar-refractivity contribution in [2.45, 2.75) is 71.6 Å². The van der Waals surface area contributed by atoms with Gasteiger partial charge in [0, 0.05) is 47.8 Å². The van der Waals surface area contributed by atoms with Crippen LogP contribution in [0.3, 0.4) is 0 Å². The summed E-state index contributed by atoms with van der Waals surface area (Å²) >= 11 is 0. The predicted octanol–water partition coefficient (Wildman–Crippen LogP) is 6.23. The molecule has 0 atom stereocenters. The minimum Gasteiger partial charge on any atom is -0.387 e. The number of nitrogens with one attached hydrogen (secondary N) is 1. The number of ketones is 1. The van der Waals surface area contributed by atoms with Gasteiger partial charge >= 0.3 is 0 Å². The van der Waals surface area contributed by atoms with Crippen LogP contribution in [0.25, 0.3) is 6.08 Å². The molecule has 1 aliphatic carbocycles. The van der Waals surface area contributed by atoms with Crippen LogP contribution in [0.15, 0.2) is 53.0 Å². The summed E-state index contributed by atoms with van der Waals surface area (Å²) in [4.78, 5) is 44.3. The third-order valence-corrected chi connectivity index (χ3v) is 7.75. The van der Waals surface area contributed by atoms with Crippen molar-refractivity contribution in [1.82, 2.24) is 4.90 Å². The quantitative estimate of drug-likeness (QED) is 0.403. The Morgan fingerprint density at radius 3 is 2.26 bits per heavy atom. The number of aliphatic imine (C=N–C) groups is 1. The number of amides is 2. The lowest BCUT2D eigenvalue weighted by Crippen LogP contribution is -2.34. The van der Waals surface area contributed by atoms with Gasteiger partial charge in [0.2, 0.25) is 5.91 Å². The lowest BCUT2D eigenvalue weighted by molar-refractivity contribution is -0.127. The molecule has 1 saturated carbocycles. The second-order valence-corrected chi connectivity index (χ2v) is 10.8. The molecule has 0 unspecified atom stereocenters. The number of hydrogen-bond donors (Lipinski definition) is 2. The Morgan fingerprint density at radius 1 is 0.974 bits per heavy atom. The number of fused-ring (bicyclic) bond motifs is 1. The molecule has 7 nitrogen and oxygen atoms in total. The van der Waals surface area contributed by atoms with Crippen molar-refractivity contribution in [2.24, 2.45) is 16.6 Å². The van der Waals surface area contributed by atoms with E-state index < -0.39 is 0 Å². The van der Waals surface area contributed by atoms with E-state index >= 15 is 0 Å². The number of Topliss-reactive ketones (excluding diaryl/α,β-unsaturated/α-hetero) is 1. The third-order valence-electron chi connectivity index (χ3n) is 7.75. The number of benzene rings is 2. The second kappa shape index (κ2) is 12.9. The van der Waals surface area contributed by atoms with Crippen molar-refractivity contribution < 1.29 is 14.4 Å². The van der Waals surface area contributed by atoms with Gasteiger partial charge in [0.15, 0.2) is 0 Å². The van der Waals surface area contributed by atoms with E-state index in [1.54, 1.807) is 19.1 Å². The van der Waals surface area contributed by atoms with Crippen LogP contribution in [0.5, 0.6) is 0 Å². The summed E-state index contributed by atoms with van der Waals surface area (Å²) in [5, 5.41) is 2.97. The first-order chi connectivity index (χ1) is 18.8. The van der Waals surface area contributed by atoms with Gasteiger partial charge in [0.1, 0.15) is 11.6 Å². The monoisotopic (exact) mass is 528 g/mol. The zero-order chi connectivity index (χ0) is 27.9. The largest absolute Gasteiger partial charge is 0.387 e. The number of carbonyl (C=O) groups is 3. The van der Waals surface area contributed by atoms with E-state index in [9.17, 15) is 14.4 Å². The van der Waals surface area contributed by atoms with E-state index in [0.717, 1.165) is 49.8 Å². The van der Waals surface area contributed by atoms with Crippen molar-refractivity contribution in [3.63, 3.8) is 0 Å². The molecule has 1 fully saturated rings. The molecule has 206 valence electrons. The van der Waals surface area contributed by atoms with Gasteiger partial charge in [-0.2, -0.15) is 0 Å². The van der Waals surface area contributed by atoms with Gasteiger partial charge in [-0.05, 0) is 87.3 Å². The molecular formula is C32H40N4O3. The number of hydrogen-bond acceptors (Lipinski definition) is 5. The van der Waals surface area contributed by atoms with E-state index in [-0.39, 0.29) is 24.2 Å². The highest BCUT2D eigenvalue weighted by atomic mass is 16.2. The van der Waals surface area contributed by atoms with Gasteiger partial charge < -0.3 is 16.0 Å². The van der Waals surface area contributed by atoms with Gasteiger partial charge in [-0.25, -0.2) is 4.99 Å². The van der Waals surface area contributed by atoms with Gasteiger partial charge in [-0.15, -0.1) is 0 Å². The predicted molar refractivity (Wildman–Crippen MR) is 157 cm³/mol. The summed E-state index contributed by atoms with van der Waals surface area (Å²) in [6.45, 7) is 7.22. The van der Waals surface area contributed by atoms with E-state index in [2.05, 4.69) is 36.3 Å². The molecule has 2 aliphatic rings. The van der Waals surface area contributed by atoms with Crippen LogP contribution < -0.4 is 11.1 Å². The van der Waals surface area contributed by atoms with Crippen LogP contribution in [-0.2, 0) is 9.59 Å².